The molecule has 1 aliphatic carbocycles. The van der Waals surface area contributed by atoms with Crippen LogP contribution in [0.25, 0.3) is 11.3 Å². The van der Waals surface area contributed by atoms with Crippen molar-refractivity contribution in [3.63, 3.8) is 0 Å². The zero-order valence-corrected chi connectivity index (χ0v) is 18.1. The van der Waals surface area contributed by atoms with Gasteiger partial charge in [-0.1, -0.05) is 25.2 Å². The Morgan fingerprint density at radius 1 is 1.30 bits per heavy atom. The lowest BCUT2D eigenvalue weighted by atomic mass is 9.73. The summed E-state index contributed by atoms with van der Waals surface area (Å²) in [6.07, 6.45) is 2.61. The Kier molecular flexibility index (Phi) is 4.28. The molecule has 0 radical (unpaired) electrons. The summed E-state index contributed by atoms with van der Waals surface area (Å²) in [6, 6.07) is 5.46. The monoisotopic (exact) mass is 426 g/mol. The third-order valence-corrected chi connectivity index (χ3v) is 6.60. The highest BCUT2D eigenvalue weighted by Gasteiger charge is 2.40. The maximum absolute atomic E-state index is 12.8. The molecule has 30 heavy (non-hydrogen) atoms. The van der Waals surface area contributed by atoms with Crippen LogP contribution < -0.4 is 14.2 Å². The SMILES string of the molecule is CCOC(=O)c1sc(Oc2ccc3c(c2)OCO3)c2c1CC(C)(C)c1cnn(C)c1-2. The second-order valence-electron chi connectivity index (χ2n) is 8.00. The summed E-state index contributed by atoms with van der Waals surface area (Å²) in [6.45, 7) is 6.67. The summed E-state index contributed by atoms with van der Waals surface area (Å²) < 4.78 is 24.3. The fraction of sp³-hybridized carbons (Fsp3) is 0.364. The predicted octanol–water partition coefficient (Wildman–Crippen LogP) is 4.68. The molecule has 2 aliphatic rings. The number of fused-ring (bicyclic) bond motifs is 4. The first-order chi connectivity index (χ1) is 14.4. The zero-order chi connectivity index (χ0) is 21.0. The van der Waals surface area contributed by atoms with Crippen molar-refractivity contribution < 1.29 is 23.7 Å². The van der Waals surface area contributed by atoms with Crippen LogP contribution in [0.15, 0.2) is 24.4 Å². The van der Waals surface area contributed by atoms with E-state index in [0.717, 1.165) is 22.4 Å². The number of carbonyl (C=O) groups excluding carboxylic acids is 1. The molecule has 0 amide bonds. The molecule has 0 saturated heterocycles. The molecule has 0 unspecified atom stereocenters. The van der Waals surface area contributed by atoms with E-state index >= 15 is 0 Å². The quantitative estimate of drug-likeness (QED) is 0.564. The highest BCUT2D eigenvalue weighted by Crippen LogP contribution is 2.53. The van der Waals surface area contributed by atoms with Crippen LogP contribution in [0.1, 0.15) is 41.6 Å². The van der Waals surface area contributed by atoms with Crippen LogP contribution >= 0.6 is 11.3 Å². The van der Waals surface area contributed by atoms with E-state index in [4.69, 9.17) is 18.9 Å². The van der Waals surface area contributed by atoms with E-state index < -0.39 is 0 Å². The number of thiophene rings is 1. The van der Waals surface area contributed by atoms with Crippen LogP contribution in [-0.2, 0) is 23.6 Å². The maximum atomic E-state index is 12.8. The first kappa shape index (κ1) is 19.0. The third-order valence-electron chi connectivity index (χ3n) is 5.51. The van der Waals surface area contributed by atoms with E-state index in [2.05, 4.69) is 18.9 Å². The van der Waals surface area contributed by atoms with E-state index in [9.17, 15) is 4.79 Å². The summed E-state index contributed by atoms with van der Waals surface area (Å²) >= 11 is 1.32. The number of carbonyl (C=O) groups is 1. The Morgan fingerprint density at radius 3 is 2.90 bits per heavy atom. The molecule has 0 spiro atoms. The molecule has 0 saturated carbocycles. The van der Waals surface area contributed by atoms with E-state index in [-0.39, 0.29) is 18.2 Å². The lowest BCUT2D eigenvalue weighted by molar-refractivity contribution is 0.0530. The minimum Gasteiger partial charge on any atom is -0.462 e. The standard InChI is InChI=1S/C22H22N2O5S/c1-5-26-20(25)19-13-9-22(2,3)14-10-23-24(4)18(14)17(13)21(30-19)29-12-6-7-15-16(8-12)28-11-27-15/h6-8,10H,5,9,11H2,1-4H3. The molecule has 8 heteroatoms. The van der Waals surface area contributed by atoms with E-state index in [0.29, 0.717) is 40.2 Å². The lowest BCUT2D eigenvalue weighted by Crippen LogP contribution is -2.26. The van der Waals surface area contributed by atoms with Gasteiger partial charge in [-0.2, -0.15) is 5.10 Å². The number of aryl methyl sites for hydroxylation is 1. The molecular weight excluding hydrogens is 404 g/mol. The fourth-order valence-corrected chi connectivity index (χ4v) is 5.18. The van der Waals surface area contributed by atoms with Crippen molar-refractivity contribution in [2.24, 2.45) is 7.05 Å². The molecule has 0 fully saturated rings. The Hall–Kier alpha value is -3.00. The van der Waals surface area contributed by atoms with E-state index in [1.54, 1.807) is 6.07 Å². The molecule has 7 nitrogen and oxygen atoms in total. The molecule has 3 aromatic rings. The molecule has 2 aromatic heterocycles. The Bertz CT molecular complexity index is 1160. The van der Waals surface area contributed by atoms with Crippen molar-refractivity contribution in [1.82, 2.24) is 9.78 Å². The van der Waals surface area contributed by atoms with Crippen LogP contribution in [0.4, 0.5) is 0 Å². The van der Waals surface area contributed by atoms with Crippen molar-refractivity contribution >= 4 is 17.3 Å². The number of nitrogens with zero attached hydrogens (tertiary/aromatic N) is 2. The molecule has 0 N–H and O–H groups in total. The number of ether oxygens (including phenoxy) is 4. The van der Waals surface area contributed by atoms with E-state index in [1.807, 2.05) is 37.0 Å². The molecule has 3 heterocycles. The molecule has 0 atom stereocenters. The van der Waals surface area contributed by atoms with Crippen LogP contribution in [0, 0.1) is 0 Å². The highest BCUT2D eigenvalue weighted by molar-refractivity contribution is 7.16. The predicted molar refractivity (Wildman–Crippen MR) is 112 cm³/mol. The van der Waals surface area contributed by atoms with Crippen LogP contribution in [0.2, 0.25) is 0 Å². The van der Waals surface area contributed by atoms with Crippen molar-refractivity contribution in [3.8, 4) is 33.6 Å². The Morgan fingerprint density at radius 2 is 2.10 bits per heavy atom. The van der Waals surface area contributed by atoms with Crippen molar-refractivity contribution in [1.29, 1.82) is 0 Å². The van der Waals surface area contributed by atoms with Crippen LogP contribution in [0.3, 0.4) is 0 Å². The van der Waals surface area contributed by atoms with Gasteiger partial charge in [0.15, 0.2) is 16.6 Å². The number of esters is 1. The smallest absolute Gasteiger partial charge is 0.348 e. The second kappa shape index (κ2) is 6.77. The normalized spacial score (nSPS) is 15.5. The van der Waals surface area contributed by atoms with E-state index in [1.165, 1.54) is 11.3 Å². The van der Waals surface area contributed by atoms with Gasteiger partial charge in [0.05, 0.1) is 24.1 Å². The van der Waals surface area contributed by atoms with Gasteiger partial charge in [-0.15, -0.1) is 0 Å². The van der Waals surface area contributed by atoms with Crippen molar-refractivity contribution in [2.45, 2.75) is 32.6 Å². The number of hydrogen-bond donors (Lipinski definition) is 0. The lowest BCUT2D eigenvalue weighted by Gasteiger charge is -2.30. The second-order valence-corrected chi connectivity index (χ2v) is 8.98. The summed E-state index contributed by atoms with van der Waals surface area (Å²) in [5.41, 5.74) is 3.82. The Labute approximate surface area is 178 Å². The van der Waals surface area contributed by atoms with Gasteiger partial charge in [-0.25, -0.2) is 4.79 Å². The number of rotatable bonds is 4. The fourth-order valence-electron chi connectivity index (χ4n) is 4.10. The topological polar surface area (TPSA) is 71.8 Å². The average molecular weight is 426 g/mol. The van der Waals surface area contributed by atoms with Gasteiger partial charge in [0, 0.05) is 18.7 Å². The average Bonchev–Trinajstić information content (AvgIpc) is 3.39. The van der Waals surface area contributed by atoms with Crippen molar-refractivity contribution in [2.75, 3.05) is 13.4 Å². The van der Waals surface area contributed by atoms with Gasteiger partial charge in [-0.05, 0) is 36.5 Å². The molecule has 156 valence electrons. The zero-order valence-electron chi connectivity index (χ0n) is 17.3. The van der Waals surface area contributed by atoms with Crippen LogP contribution in [0.5, 0.6) is 22.3 Å². The Balaban J connectivity index is 1.66. The number of aromatic nitrogens is 2. The van der Waals surface area contributed by atoms with Gasteiger partial charge in [0.25, 0.3) is 0 Å². The minimum absolute atomic E-state index is 0.158. The van der Waals surface area contributed by atoms with Gasteiger partial charge < -0.3 is 18.9 Å². The van der Waals surface area contributed by atoms with Gasteiger partial charge in [-0.3, -0.25) is 4.68 Å². The summed E-state index contributed by atoms with van der Waals surface area (Å²) in [4.78, 5) is 13.3. The number of hydrogen-bond acceptors (Lipinski definition) is 7. The summed E-state index contributed by atoms with van der Waals surface area (Å²) in [7, 11) is 1.91. The van der Waals surface area contributed by atoms with Crippen molar-refractivity contribution in [3.05, 3.63) is 40.4 Å². The van der Waals surface area contributed by atoms with Gasteiger partial charge in [0.1, 0.15) is 10.6 Å². The van der Waals surface area contributed by atoms with Gasteiger partial charge >= 0.3 is 5.97 Å². The molecular formula is C22H22N2O5S. The minimum atomic E-state index is -0.319. The maximum Gasteiger partial charge on any atom is 0.348 e. The van der Waals surface area contributed by atoms with Crippen LogP contribution in [-0.4, -0.2) is 29.1 Å². The third kappa shape index (κ3) is 2.86. The molecule has 1 aromatic carbocycles. The molecule has 0 bridgehead atoms. The molecule has 1 aliphatic heterocycles. The summed E-state index contributed by atoms with van der Waals surface area (Å²) in [5.74, 6) is 1.64. The van der Waals surface area contributed by atoms with Gasteiger partial charge in [0.2, 0.25) is 6.79 Å². The highest BCUT2D eigenvalue weighted by atomic mass is 32.1. The first-order valence-electron chi connectivity index (χ1n) is 9.82. The largest absolute Gasteiger partial charge is 0.462 e. The summed E-state index contributed by atoms with van der Waals surface area (Å²) in [5, 5.41) is 5.14. The molecule has 5 rings (SSSR count). The first-order valence-corrected chi connectivity index (χ1v) is 10.6. The number of benzene rings is 1.